The van der Waals surface area contributed by atoms with E-state index in [0.717, 1.165) is 18.8 Å². The Morgan fingerprint density at radius 3 is 2.81 bits per heavy atom. The Bertz CT molecular complexity index is 444. The zero-order chi connectivity index (χ0) is 11.4. The van der Waals surface area contributed by atoms with Crippen LogP contribution in [0, 0.1) is 0 Å². The molecule has 0 fully saturated rings. The minimum absolute atomic E-state index is 0.598. The standard InChI is InChI=1S/C11H12ClN3S/c1-15(7-9-4-2-3-5-13-9)8-10-6-14-11(12)16-10/h2-6H,7-8H2,1H3. The molecule has 0 aromatic carbocycles. The molecule has 2 heterocycles. The van der Waals surface area contributed by atoms with Gasteiger partial charge in [-0.2, -0.15) is 0 Å². The summed E-state index contributed by atoms with van der Waals surface area (Å²) >= 11 is 7.30. The fourth-order valence-electron chi connectivity index (χ4n) is 1.45. The van der Waals surface area contributed by atoms with E-state index in [1.165, 1.54) is 16.2 Å². The molecule has 0 saturated heterocycles. The van der Waals surface area contributed by atoms with Gasteiger partial charge in [0.05, 0.1) is 5.69 Å². The van der Waals surface area contributed by atoms with E-state index in [1.54, 1.807) is 0 Å². The first-order valence-electron chi connectivity index (χ1n) is 4.92. The zero-order valence-electron chi connectivity index (χ0n) is 8.93. The Morgan fingerprint density at radius 1 is 1.31 bits per heavy atom. The molecule has 0 radical (unpaired) electrons. The highest BCUT2D eigenvalue weighted by molar-refractivity contribution is 7.15. The van der Waals surface area contributed by atoms with Crippen molar-refractivity contribution in [2.75, 3.05) is 7.05 Å². The molecule has 0 atom stereocenters. The van der Waals surface area contributed by atoms with E-state index in [4.69, 9.17) is 11.6 Å². The van der Waals surface area contributed by atoms with Gasteiger partial charge >= 0.3 is 0 Å². The molecule has 5 heteroatoms. The van der Waals surface area contributed by atoms with Gasteiger partial charge in [-0.25, -0.2) is 4.98 Å². The molecule has 16 heavy (non-hydrogen) atoms. The molecule has 0 saturated carbocycles. The molecule has 2 aromatic heterocycles. The maximum atomic E-state index is 5.78. The highest BCUT2D eigenvalue weighted by Crippen LogP contribution is 2.19. The minimum Gasteiger partial charge on any atom is -0.295 e. The van der Waals surface area contributed by atoms with Crippen LogP contribution in [0.1, 0.15) is 10.6 Å². The van der Waals surface area contributed by atoms with Crippen LogP contribution in [0.4, 0.5) is 0 Å². The van der Waals surface area contributed by atoms with Crippen molar-refractivity contribution in [2.45, 2.75) is 13.1 Å². The highest BCUT2D eigenvalue weighted by Gasteiger charge is 2.05. The van der Waals surface area contributed by atoms with Crippen LogP contribution < -0.4 is 0 Å². The molecule has 0 N–H and O–H groups in total. The van der Waals surface area contributed by atoms with Crippen molar-refractivity contribution >= 4 is 22.9 Å². The van der Waals surface area contributed by atoms with Crippen LogP contribution in [0.25, 0.3) is 0 Å². The summed E-state index contributed by atoms with van der Waals surface area (Å²) in [5.41, 5.74) is 1.07. The number of hydrogen-bond donors (Lipinski definition) is 0. The topological polar surface area (TPSA) is 29.0 Å². The van der Waals surface area contributed by atoms with Crippen molar-refractivity contribution in [3.63, 3.8) is 0 Å². The summed E-state index contributed by atoms with van der Waals surface area (Å²) in [5.74, 6) is 0. The van der Waals surface area contributed by atoms with Crippen molar-refractivity contribution in [1.29, 1.82) is 0 Å². The second-order valence-corrected chi connectivity index (χ2v) is 5.27. The normalized spacial score (nSPS) is 10.9. The quantitative estimate of drug-likeness (QED) is 0.839. The Morgan fingerprint density at radius 2 is 2.19 bits per heavy atom. The van der Waals surface area contributed by atoms with Gasteiger partial charge in [-0.05, 0) is 19.2 Å². The average Bonchev–Trinajstić information content (AvgIpc) is 2.65. The zero-order valence-corrected chi connectivity index (χ0v) is 10.5. The Balaban J connectivity index is 1.92. The summed E-state index contributed by atoms with van der Waals surface area (Å²) in [7, 11) is 2.06. The highest BCUT2D eigenvalue weighted by atomic mass is 35.5. The molecule has 3 nitrogen and oxygen atoms in total. The Hall–Kier alpha value is -0.970. The molecular weight excluding hydrogens is 242 g/mol. The first-order chi connectivity index (χ1) is 7.74. The molecule has 2 aromatic rings. The average molecular weight is 254 g/mol. The van der Waals surface area contributed by atoms with Crippen LogP contribution in [-0.2, 0) is 13.1 Å². The number of hydrogen-bond acceptors (Lipinski definition) is 4. The van der Waals surface area contributed by atoms with Gasteiger partial charge in [0, 0.05) is 30.4 Å². The van der Waals surface area contributed by atoms with Crippen molar-refractivity contribution in [2.24, 2.45) is 0 Å². The summed E-state index contributed by atoms with van der Waals surface area (Å²) in [6.45, 7) is 1.68. The number of halogens is 1. The van der Waals surface area contributed by atoms with Crippen LogP contribution >= 0.6 is 22.9 Å². The molecule has 0 aliphatic heterocycles. The molecule has 0 bridgehead atoms. The fourth-order valence-corrected chi connectivity index (χ4v) is 2.51. The second kappa shape index (κ2) is 5.39. The van der Waals surface area contributed by atoms with E-state index in [0.29, 0.717) is 4.47 Å². The van der Waals surface area contributed by atoms with E-state index < -0.39 is 0 Å². The number of pyridine rings is 1. The van der Waals surface area contributed by atoms with Gasteiger partial charge in [0.1, 0.15) is 0 Å². The Kier molecular flexibility index (Phi) is 3.88. The van der Waals surface area contributed by atoms with Gasteiger partial charge in [-0.3, -0.25) is 9.88 Å². The second-order valence-electron chi connectivity index (χ2n) is 3.57. The van der Waals surface area contributed by atoms with Gasteiger partial charge in [-0.15, -0.1) is 11.3 Å². The van der Waals surface area contributed by atoms with E-state index in [2.05, 4.69) is 21.9 Å². The fraction of sp³-hybridized carbons (Fsp3) is 0.273. The van der Waals surface area contributed by atoms with Crippen LogP contribution in [0.3, 0.4) is 0 Å². The first-order valence-corrected chi connectivity index (χ1v) is 6.12. The summed E-state index contributed by atoms with van der Waals surface area (Å²) in [6, 6.07) is 5.95. The smallest absolute Gasteiger partial charge is 0.183 e. The predicted octanol–water partition coefficient (Wildman–Crippen LogP) is 2.82. The van der Waals surface area contributed by atoms with Crippen molar-refractivity contribution in [1.82, 2.24) is 14.9 Å². The van der Waals surface area contributed by atoms with Gasteiger partial charge in [0.15, 0.2) is 4.47 Å². The minimum atomic E-state index is 0.598. The van der Waals surface area contributed by atoms with Gasteiger partial charge in [0.25, 0.3) is 0 Å². The lowest BCUT2D eigenvalue weighted by Crippen LogP contribution is -2.17. The van der Waals surface area contributed by atoms with Crippen molar-refractivity contribution < 1.29 is 0 Å². The molecule has 2 rings (SSSR count). The van der Waals surface area contributed by atoms with E-state index in [-0.39, 0.29) is 0 Å². The van der Waals surface area contributed by atoms with Gasteiger partial charge in [0.2, 0.25) is 0 Å². The summed E-state index contributed by atoms with van der Waals surface area (Å²) in [5, 5.41) is 0. The van der Waals surface area contributed by atoms with Crippen LogP contribution in [0.5, 0.6) is 0 Å². The van der Waals surface area contributed by atoms with E-state index in [1.807, 2.05) is 30.6 Å². The first kappa shape index (κ1) is 11.5. The SMILES string of the molecule is CN(Cc1ccccn1)Cc1cnc(Cl)s1. The summed E-state index contributed by atoms with van der Waals surface area (Å²) in [4.78, 5) is 11.7. The predicted molar refractivity (Wildman–Crippen MR) is 66.5 cm³/mol. The third-order valence-electron chi connectivity index (χ3n) is 2.11. The van der Waals surface area contributed by atoms with E-state index in [9.17, 15) is 0 Å². The monoisotopic (exact) mass is 253 g/mol. The lowest BCUT2D eigenvalue weighted by molar-refractivity contribution is 0.318. The van der Waals surface area contributed by atoms with Crippen molar-refractivity contribution in [3.8, 4) is 0 Å². The lowest BCUT2D eigenvalue weighted by atomic mass is 10.3. The molecule has 0 aliphatic rings. The molecular formula is C11H12ClN3S. The molecule has 0 spiro atoms. The Labute approximate surface area is 104 Å². The van der Waals surface area contributed by atoms with Crippen LogP contribution in [0.2, 0.25) is 4.47 Å². The number of thiazole rings is 1. The van der Waals surface area contributed by atoms with Crippen LogP contribution in [0.15, 0.2) is 30.6 Å². The molecule has 0 aliphatic carbocycles. The maximum absolute atomic E-state index is 5.78. The third-order valence-corrected chi connectivity index (χ3v) is 3.21. The summed E-state index contributed by atoms with van der Waals surface area (Å²) < 4.78 is 0.598. The van der Waals surface area contributed by atoms with Crippen molar-refractivity contribution in [3.05, 3.63) is 45.6 Å². The molecule has 0 amide bonds. The summed E-state index contributed by atoms with van der Waals surface area (Å²) in [6.07, 6.45) is 3.63. The van der Waals surface area contributed by atoms with Gasteiger partial charge < -0.3 is 0 Å². The van der Waals surface area contributed by atoms with Gasteiger partial charge in [-0.1, -0.05) is 17.7 Å². The number of rotatable bonds is 4. The van der Waals surface area contributed by atoms with E-state index >= 15 is 0 Å². The maximum Gasteiger partial charge on any atom is 0.183 e. The largest absolute Gasteiger partial charge is 0.295 e. The third kappa shape index (κ3) is 3.27. The molecule has 84 valence electrons. The van der Waals surface area contributed by atoms with Crippen LogP contribution in [-0.4, -0.2) is 21.9 Å². The number of nitrogens with zero attached hydrogens (tertiary/aromatic N) is 3. The molecule has 0 unspecified atom stereocenters. The number of aromatic nitrogens is 2. The lowest BCUT2D eigenvalue weighted by Gasteiger charge is -2.14.